The number of fused-ring (bicyclic) bond motifs is 1. The third-order valence-corrected chi connectivity index (χ3v) is 6.09. The largest absolute Gasteiger partial charge is 0.493 e. The monoisotopic (exact) mass is 425 g/mol. The Kier molecular flexibility index (Phi) is 5.77. The lowest BCUT2D eigenvalue weighted by Gasteiger charge is -2.40. The number of nitrogens with one attached hydrogen (secondary N) is 1. The minimum absolute atomic E-state index is 0.0137. The molecule has 1 aromatic carbocycles. The van der Waals surface area contributed by atoms with Gasteiger partial charge in [0.1, 0.15) is 6.33 Å². The average Bonchev–Trinajstić information content (AvgIpc) is 3.21. The van der Waals surface area contributed by atoms with E-state index in [0.29, 0.717) is 11.5 Å². The molecule has 0 saturated carbocycles. The van der Waals surface area contributed by atoms with Crippen LogP contribution in [0.2, 0.25) is 0 Å². The molecule has 1 aromatic heterocycles. The van der Waals surface area contributed by atoms with Gasteiger partial charge in [-0.05, 0) is 56.0 Å². The van der Waals surface area contributed by atoms with Gasteiger partial charge in [0, 0.05) is 12.6 Å². The number of benzene rings is 1. The minimum Gasteiger partial charge on any atom is -0.493 e. The van der Waals surface area contributed by atoms with Gasteiger partial charge in [0.25, 0.3) is 0 Å². The van der Waals surface area contributed by atoms with Crippen molar-refractivity contribution in [2.75, 3.05) is 32.6 Å². The Bertz CT molecular complexity index is 864. The molecule has 0 unspecified atom stereocenters. The second kappa shape index (κ2) is 8.33. The van der Waals surface area contributed by atoms with E-state index < -0.39 is 12.2 Å². The summed E-state index contributed by atoms with van der Waals surface area (Å²) in [7, 11) is 3.22. The molecule has 164 valence electrons. The number of anilines is 1. The van der Waals surface area contributed by atoms with Crippen molar-refractivity contribution in [2.45, 2.75) is 44.1 Å². The Balaban J connectivity index is 1.37. The first-order valence-electron chi connectivity index (χ1n) is 10.0. The lowest BCUT2D eigenvalue weighted by atomic mass is 9.85. The molecule has 2 aromatic rings. The molecule has 2 aliphatic rings. The van der Waals surface area contributed by atoms with Crippen molar-refractivity contribution in [3.8, 4) is 11.5 Å². The fraction of sp³-hybridized carbons (Fsp3) is 0.600. The number of piperidine rings is 1. The number of likely N-dealkylation sites (tertiary alicyclic amines) is 1. The molecule has 1 fully saturated rings. The van der Waals surface area contributed by atoms with E-state index in [9.17, 15) is 13.2 Å². The normalized spacial score (nSPS) is 23.0. The Morgan fingerprint density at radius 2 is 1.87 bits per heavy atom. The fourth-order valence-corrected chi connectivity index (χ4v) is 4.48. The quantitative estimate of drug-likeness (QED) is 0.791. The molecule has 30 heavy (non-hydrogen) atoms. The van der Waals surface area contributed by atoms with E-state index in [-0.39, 0.29) is 24.3 Å². The first-order chi connectivity index (χ1) is 14.4. The Labute approximate surface area is 173 Å². The standard InChI is InChI=1S/C20H26F3N5O2/c1-29-16-4-3-13(9-17(16)30-2)11-27-7-5-14(6-8-27)15-10-18(20(21,22)23)28-19(26-15)24-12-25-28/h3-4,9,12,14-15,18H,5-8,10-11H2,1-2H3,(H,24,25,26)/t15-,18+/m0/s1. The molecule has 0 aliphatic carbocycles. The highest BCUT2D eigenvalue weighted by atomic mass is 19.4. The van der Waals surface area contributed by atoms with Gasteiger partial charge in [0.05, 0.1) is 14.2 Å². The summed E-state index contributed by atoms with van der Waals surface area (Å²) in [6.07, 6.45) is -1.50. The van der Waals surface area contributed by atoms with Crippen molar-refractivity contribution in [3.63, 3.8) is 0 Å². The summed E-state index contributed by atoms with van der Waals surface area (Å²) in [6.45, 7) is 2.44. The number of nitrogens with zero attached hydrogens (tertiary/aromatic N) is 4. The van der Waals surface area contributed by atoms with Gasteiger partial charge >= 0.3 is 6.18 Å². The molecule has 2 atom stereocenters. The van der Waals surface area contributed by atoms with Gasteiger partial charge in [-0.15, -0.1) is 0 Å². The summed E-state index contributed by atoms with van der Waals surface area (Å²) in [4.78, 5) is 6.30. The Hall–Kier alpha value is -2.49. The molecule has 1 saturated heterocycles. The lowest BCUT2D eigenvalue weighted by molar-refractivity contribution is -0.174. The molecule has 1 N–H and O–H groups in total. The van der Waals surface area contributed by atoms with Crippen molar-refractivity contribution in [1.82, 2.24) is 19.7 Å². The maximum Gasteiger partial charge on any atom is 0.411 e. The summed E-state index contributed by atoms with van der Waals surface area (Å²) < 4.78 is 52.1. The van der Waals surface area contributed by atoms with Gasteiger partial charge in [0.15, 0.2) is 17.5 Å². The number of alkyl halides is 3. The first kappa shape index (κ1) is 20.8. The van der Waals surface area contributed by atoms with E-state index in [4.69, 9.17) is 9.47 Å². The Morgan fingerprint density at radius 3 is 2.53 bits per heavy atom. The maximum absolute atomic E-state index is 13.5. The summed E-state index contributed by atoms with van der Waals surface area (Å²) in [5, 5.41) is 6.95. The van der Waals surface area contributed by atoms with Crippen LogP contribution in [0.15, 0.2) is 24.5 Å². The number of hydrogen-bond acceptors (Lipinski definition) is 6. The summed E-state index contributed by atoms with van der Waals surface area (Å²) in [5.74, 6) is 1.76. The zero-order valence-electron chi connectivity index (χ0n) is 17.0. The van der Waals surface area contributed by atoms with Crippen LogP contribution in [-0.2, 0) is 6.54 Å². The molecule has 7 nitrogen and oxygen atoms in total. The summed E-state index contributed by atoms with van der Waals surface area (Å²) in [5.41, 5.74) is 1.12. The Morgan fingerprint density at radius 1 is 1.13 bits per heavy atom. The van der Waals surface area contributed by atoms with E-state index in [0.717, 1.165) is 42.7 Å². The highest BCUT2D eigenvalue weighted by Gasteiger charge is 2.47. The molecule has 0 radical (unpaired) electrons. The highest BCUT2D eigenvalue weighted by molar-refractivity contribution is 5.42. The topological polar surface area (TPSA) is 64.4 Å². The van der Waals surface area contributed by atoms with Crippen molar-refractivity contribution in [1.29, 1.82) is 0 Å². The summed E-state index contributed by atoms with van der Waals surface area (Å²) in [6, 6.07) is 3.99. The number of methoxy groups -OCH3 is 2. The van der Waals surface area contributed by atoms with Crippen molar-refractivity contribution in [2.24, 2.45) is 5.92 Å². The fourth-order valence-electron chi connectivity index (χ4n) is 4.48. The number of ether oxygens (including phenoxy) is 2. The molecule has 2 aliphatic heterocycles. The van der Waals surface area contributed by atoms with Crippen LogP contribution >= 0.6 is 0 Å². The van der Waals surface area contributed by atoms with Crippen LogP contribution in [0, 0.1) is 5.92 Å². The van der Waals surface area contributed by atoms with E-state index in [1.807, 2.05) is 18.2 Å². The molecule has 3 heterocycles. The second-order valence-corrected chi connectivity index (χ2v) is 7.88. The highest BCUT2D eigenvalue weighted by Crippen LogP contribution is 2.41. The first-order valence-corrected chi connectivity index (χ1v) is 10.0. The molecule has 0 spiro atoms. The molecular weight excluding hydrogens is 399 g/mol. The van der Waals surface area contributed by atoms with Gasteiger partial charge < -0.3 is 14.8 Å². The molecule has 4 rings (SSSR count). The number of hydrogen-bond donors (Lipinski definition) is 1. The van der Waals surface area contributed by atoms with Crippen molar-refractivity contribution < 1.29 is 22.6 Å². The van der Waals surface area contributed by atoms with Crippen LogP contribution in [-0.4, -0.2) is 59.2 Å². The van der Waals surface area contributed by atoms with Crippen LogP contribution in [0.4, 0.5) is 19.1 Å². The van der Waals surface area contributed by atoms with Crippen LogP contribution < -0.4 is 14.8 Å². The third kappa shape index (κ3) is 4.19. The zero-order valence-corrected chi connectivity index (χ0v) is 17.0. The smallest absolute Gasteiger partial charge is 0.411 e. The third-order valence-electron chi connectivity index (χ3n) is 6.09. The maximum atomic E-state index is 13.5. The van der Waals surface area contributed by atoms with Gasteiger partial charge in [-0.3, -0.25) is 4.90 Å². The van der Waals surface area contributed by atoms with E-state index in [1.165, 1.54) is 6.33 Å². The van der Waals surface area contributed by atoms with Crippen LogP contribution in [0.3, 0.4) is 0 Å². The predicted molar refractivity (Wildman–Crippen MR) is 105 cm³/mol. The van der Waals surface area contributed by atoms with E-state index in [2.05, 4.69) is 20.3 Å². The van der Waals surface area contributed by atoms with Crippen molar-refractivity contribution in [3.05, 3.63) is 30.1 Å². The number of aromatic nitrogens is 3. The SMILES string of the molecule is COc1ccc(CN2CCC([C@@H]3C[C@H](C(F)(F)F)n4ncnc4N3)CC2)cc1OC. The minimum atomic E-state index is -4.34. The van der Waals surface area contributed by atoms with E-state index in [1.54, 1.807) is 14.2 Å². The second-order valence-electron chi connectivity index (χ2n) is 7.88. The summed E-state index contributed by atoms with van der Waals surface area (Å²) >= 11 is 0. The average molecular weight is 425 g/mol. The van der Waals surface area contributed by atoms with Gasteiger partial charge in [0.2, 0.25) is 5.95 Å². The van der Waals surface area contributed by atoms with E-state index >= 15 is 0 Å². The lowest BCUT2D eigenvalue weighted by Crippen LogP contribution is -2.46. The van der Waals surface area contributed by atoms with Crippen LogP contribution in [0.25, 0.3) is 0 Å². The molecule has 10 heteroatoms. The van der Waals surface area contributed by atoms with Crippen molar-refractivity contribution >= 4 is 5.95 Å². The van der Waals surface area contributed by atoms with Crippen LogP contribution in [0.5, 0.6) is 11.5 Å². The molecular formula is C20H26F3N5O2. The van der Waals surface area contributed by atoms with Gasteiger partial charge in [-0.2, -0.15) is 23.3 Å². The number of rotatable bonds is 5. The molecule has 0 amide bonds. The predicted octanol–water partition coefficient (Wildman–Crippen LogP) is 3.50. The number of halogens is 3. The van der Waals surface area contributed by atoms with Gasteiger partial charge in [-0.1, -0.05) is 6.07 Å². The van der Waals surface area contributed by atoms with Gasteiger partial charge in [-0.25, -0.2) is 4.68 Å². The molecule has 0 bridgehead atoms. The van der Waals surface area contributed by atoms with Crippen LogP contribution in [0.1, 0.15) is 30.9 Å². The zero-order chi connectivity index (χ0) is 21.3.